The van der Waals surface area contributed by atoms with E-state index in [0.29, 0.717) is 29.9 Å². The van der Waals surface area contributed by atoms with Crippen molar-refractivity contribution in [3.63, 3.8) is 0 Å². The van der Waals surface area contributed by atoms with E-state index in [2.05, 4.69) is 10.3 Å². The summed E-state index contributed by atoms with van der Waals surface area (Å²) >= 11 is 0. The fourth-order valence-corrected chi connectivity index (χ4v) is 3.82. The molecule has 6 heteroatoms. The first kappa shape index (κ1) is 18.0. The molecule has 0 spiro atoms. The molecule has 6 nitrogen and oxygen atoms in total. The highest BCUT2D eigenvalue weighted by Crippen LogP contribution is 2.30. The number of aryl methyl sites for hydroxylation is 1. The third-order valence-electron chi connectivity index (χ3n) is 5.24. The van der Waals surface area contributed by atoms with E-state index in [1.807, 2.05) is 37.3 Å². The van der Waals surface area contributed by atoms with Gasteiger partial charge in [0.1, 0.15) is 0 Å². The highest BCUT2D eigenvalue weighted by molar-refractivity contribution is 6.48. The second kappa shape index (κ2) is 6.96. The number of aromatic nitrogens is 1. The van der Waals surface area contributed by atoms with Crippen LogP contribution in [-0.4, -0.2) is 29.1 Å². The van der Waals surface area contributed by atoms with E-state index in [1.165, 1.54) is 0 Å². The summed E-state index contributed by atoms with van der Waals surface area (Å²) in [6.07, 6.45) is 1.36. The van der Waals surface area contributed by atoms with Gasteiger partial charge in [-0.2, -0.15) is 0 Å². The molecule has 4 rings (SSSR count). The maximum absolute atomic E-state index is 12.9. The second-order valence-electron chi connectivity index (χ2n) is 7.05. The molecular weight excluding hydrogens is 354 g/mol. The maximum atomic E-state index is 12.9. The van der Waals surface area contributed by atoms with E-state index in [9.17, 15) is 14.4 Å². The Bertz CT molecular complexity index is 1110. The molecule has 0 unspecified atom stereocenters. The molecule has 1 saturated heterocycles. The van der Waals surface area contributed by atoms with Crippen molar-refractivity contribution in [1.29, 1.82) is 0 Å². The number of H-pyrrole nitrogens is 1. The number of para-hydroxylation sites is 1. The number of Topliss-reactive ketones (excluding diaryl/α,β-unsaturated/α-hetero) is 1. The van der Waals surface area contributed by atoms with Gasteiger partial charge in [0, 0.05) is 40.9 Å². The van der Waals surface area contributed by atoms with Gasteiger partial charge in [-0.15, -0.1) is 0 Å². The molecule has 0 aliphatic carbocycles. The zero-order valence-electron chi connectivity index (χ0n) is 15.8. The van der Waals surface area contributed by atoms with Crippen LogP contribution in [0.4, 0.5) is 11.4 Å². The minimum atomic E-state index is -0.694. The summed E-state index contributed by atoms with van der Waals surface area (Å²) in [5.41, 5.74) is 3.95. The monoisotopic (exact) mass is 375 g/mol. The van der Waals surface area contributed by atoms with Gasteiger partial charge in [-0.25, -0.2) is 0 Å². The van der Waals surface area contributed by atoms with Crippen molar-refractivity contribution in [3.05, 3.63) is 59.3 Å². The third kappa shape index (κ3) is 2.97. The predicted molar refractivity (Wildman–Crippen MR) is 109 cm³/mol. The molecule has 1 aliphatic rings. The summed E-state index contributed by atoms with van der Waals surface area (Å²) in [6, 6.07) is 12.8. The summed E-state index contributed by atoms with van der Waals surface area (Å²) in [5.74, 6) is -1.20. The first-order valence-electron chi connectivity index (χ1n) is 9.30. The number of hydrogen-bond donors (Lipinski definition) is 2. The zero-order chi connectivity index (χ0) is 19.8. The van der Waals surface area contributed by atoms with Crippen LogP contribution in [0.2, 0.25) is 0 Å². The van der Waals surface area contributed by atoms with E-state index < -0.39 is 11.7 Å². The van der Waals surface area contributed by atoms with Gasteiger partial charge < -0.3 is 15.2 Å². The summed E-state index contributed by atoms with van der Waals surface area (Å²) in [5, 5.41) is 3.46. The number of aromatic amines is 1. The summed E-state index contributed by atoms with van der Waals surface area (Å²) in [4.78, 5) is 42.5. The first-order valence-corrected chi connectivity index (χ1v) is 9.30. The number of fused-ring (bicyclic) bond motifs is 1. The van der Waals surface area contributed by atoms with Gasteiger partial charge in [-0.3, -0.25) is 14.4 Å². The van der Waals surface area contributed by atoms with E-state index >= 15 is 0 Å². The highest BCUT2D eigenvalue weighted by atomic mass is 16.2. The number of nitrogens with one attached hydrogen (secondary N) is 2. The Balaban J connectivity index is 1.62. The Kier molecular flexibility index (Phi) is 4.47. The van der Waals surface area contributed by atoms with Gasteiger partial charge in [-0.05, 0) is 44.0 Å². The highest BCUT2D eigenvalue weighted by Gasteiger charge is 2.26. The van der Waals surface area contributed by atoms with Crippen molar-refractivity contribution < 1.29 is 14.4 Å². The average molecular weight is 375 g/mol. The van der Waals surface area contributed by atoms with Crippen molar-refractivity contribution in [3.8, 4) is 0 Å². The first-order chi connectivity index (χ1) is 13.5. The average Bonchev–Trinajstić information content (AvgIpc) is 3.25. The lowest BCUT2D eigenvalue weighted by atomic mass is 10.1. The number of amides is 2. The maximum Gasteiger partial charge on any atom is 0.296 e. The summed E-state index contributed by atoms with van der Waals surface area (Å²) in [7, 11) is 0. The Hall–Kier alpha value is -3.41. The van der Waals surface area contributed by atoms with Crippen LogP contribution in [0, 0.1) is 13.8 Å². The van der Waals surface area contributed by atoms with Crippen LogP contribution < -0.4 is 10.2 Å². The molecule has 0 atom stereocenters. The Labute approximate surface area is 162 Å². The molecular formula is C22H21N3O3. The summed E-state index contributed by atoms with van der Waals surface area (Å²) in [6.45, 7) is 4.30. The molecule has 0 radical (unpaired) electrons. The Morgan fingerprint density at radius 3 is 2.61 bits per heavy atom. The number of carbonyl (C=O) groups excluding carboxylic acids is 3. The number of ketones is 1. The lowest BCUT2D eigenvalue weighted by Gasteiger charge is -2.20. The van der Waals surface area contributed by atoms with Crippen LogP contribution in [0.5, 0.6) is 0 Å². The van der Waals surface area contributed by atoms with Crippen LogP contribution >= 0.6 is 0 Å². The van der Waals surface area contributed by atoms with Crippen molar-refractivity contribution in [2.75, 3.05) is 16.8 Å². The number of nitrogens with zero attached hydrogens (tertiary/aromatic N) is 1. The van der Waals surface area contributed by atoms with Crippen LogP contribution in [-0.2, 0) is 9.59 Å². The van der Waals surface area contributed by atoms with Gasteiger partial charge in [0.25, 0.3) is 11.7 Å². The van der Waals surface area contributed by atoms with Crippen LogP contribution in [0.1, 0.15) is 34.5 Å². The number of hydrogen-bond acceptors (Lipinski definition) is 3. The lowest BCUT2D eigenvalue weighted by molar-refractivity contribution is -0.117. The van der Waals surface area contributed by atoms with Gasteiger partial charge in [0.2, 0.25) is 5.91 Å². The van der Waals surface area contributed by atoms with Crippen LogP contribution in [0.3, 0.4) is 0 Å². The fraction of sp³-hybridized carbons (Fsp3) is 0.227. The van der Waals surface area contributed by atoms with Gasteiger partial charge in [-0.1, -0.05) is 24.3 Å². The van der Waals surface area contributed by atoms with Crippen molar-refractivity contribution in [1.82, 2.24) is 4.98 Å². The van der Waals surface area contributed by atoms with E-state index in [0.717, 1.165) is 28.6 Å². The van der Waals surface area contributed by atoms with Crippen molar-refractivity contribution >= 4 is 39.9 Å². The minimum absolute atomic E-state index is 0.0806. The molecule has 2 N–H and O–H groups in total. The molecule has 0 bridgehead atoms. The lowest BCUT2D eigenvalue weighted by Crippen LogP contribution is -2.26. The third-order valence-corrected chi connectivity index (χ3v) is 5.24. The zero-order valence-corrected chi connectivity index (χ0v) is 15.8. The number of benzene rings is 2. The molecule has 2 aromatic carbocycles. The molecule has 2 amide bonds. The molecule has 2 heterocycles. The van der Waals surface area contributed by atoms with Gasteiger partial charge >= 0.3 is 0 Å². The number of rotatable bonds is 4. The second-order valence-corrected chi connectivity index (χ2v) is 7.05. The van der Waals surface area contributed by atoms with E-state index in [4.69, 9.17) is 0 Å². The SMILES string of the molecule is Cc1[nH]c2ccccc2c1C(=O)C(=O)Nc1cccc(N2CCCC2=O)c1C. The van der Waals surface area contributed by atoms with Crippen molar-refractivity contribution in [2.45, 2.75) is 26.7 Å². The molecule has 1 aromatic heterocycles. The fourth-order valence-electron chi connectivity index (χ4n) is 3.82. The summed E-state index contributed by atoms with van der Waals surface area (Å²) < 4.78 is 0. The topological polar surface area (TPSA) is 82.3 Å². The molecule has 0 saturated carbocycles. The Morgan fingerprint density at radius 2 is 1.86 bits per heavy atom. The molecule has 28 heavy (non-hydrogen) atoms. The van der Waals surface area contributed by atoms with Crippen molar-refractivity contribution in [2.24, 2.45) is 0 Å². The largest absolute Gasteiger partial charge is 0.358 e. The minimum Gasteiger partial charge on any atom is -0.358 e. The number of carbonyl (C=O) groups is 3. The van der Waals surface area contributed by atoms with Crippen LogP contribution in [0.25, 0.3) is 10.9 Å². The number of anilines is 2. The van der Waals surface area contributed by atoms with E-state index in [-0.39, 0.29) is 5.91 Å². The quantitative estimate of drug-likeness (QED) is 0.538. The van der Waals surface area contributed by atoms with Gasteiger partial charge in [0.15, 0.2) is 0 Å². The standard InChI is InChI=1S/C22H21N3O3/c1-13-16(9-5-10-18(13)25-12-6-11-19(25)26)24-22(28)21(27)20-14(2)23-17-8-4-3-7-15(17)20/h3-5,7-10,23H,6,11-12H2,1-2H3,(H,24,28). The van der Waals surface area contributed by atoms with E-state index in [1.54, 1.807) is 24.0 Å². The smallest absolute Gasteiger partial charge is 0.296 e. The van der Waals surface area contributed by atoms with Crippen LogP contribution in [0.15, 0.2) is 42.5 Å². The predicted octanol–water partition coefficient (Wildman–Crippen LogP) is 3.73. The molecule has 3 aromatic rings. The normalized spacial score (nSPS) is 13.9. The molecule has 1 aliphatic heterocycles. The molecule has 1 fully saturated rings. The van der Waals surface area contributed by atoms with Gasteiger partial charge in [0.05, 0.1) is 5.56 Å². The molecule has 142 valence electrons. The Morgan fingerprint density at radius 1 is 1.07 bits per heavy atom.